The van der Waals surface area contributed by atoms with Crippen LogP contribution in [0.3, 0.4) is 0 Å². The van der Waals surface area contributed by atoms with Gasteiger partial charge < -0.3 is 33.7 Å². The van der Waals surface area contributed by atoms with Crippen LogP contribution in [-0.2, 0) is 44.5 Å². The van der Waals surface area contributed by atoms with Crippen LogP contribution >= 0.6 is 0 Å². The fourth-order valence-electron chi connectivity index (χ4n) is 4.35. The van der Waals surface area contributed by atoms with E-state index < -0.39 is 72.4 Å². The van der Waals surface area contributed by atoms with E-state index >= 15 is 0 Å². The molecule has 0 saturated carbocycles. The van der Waals surface area contributed by atoms with Crippen molar-refractivity contribution in [1.82, 2.24) is 10.3 Å². The monoisotopic (exact) mass is 614 g/mol. The lowest BCUT2D eigenvalue weighted by Crippen LogP contribution is -2.47. The Morgan fingerprint density at radius 2 is 1.73 bits per heavy atom. The number of benzene rings is 1. The van der Waals surface area contributed by atoms with E-state index in [-0.39, 0.29) is 30.2 Å². The quantitative estimate of drug-likeness (QED) is 0.290. The fraction of sp³-hybridized carbons (Fsp3) is 0.484. The molecular formula is C31H38N2O11. The molecule has 0 aliphatic carbocycles. The topological polar surface area (TPSA) is 166 Å². The number of nitrogens with zero attached hydrogens (tertiary/aromatic N) is 1. The highest BCUT2D eigenvalue weighted by atomic mass is 16.6. The zero-order chi connectivity index (χ0) is 32.4. The molecule has 1 N–H and O–H groups in total. The first-order valence-corrected chi connectivity index (χ1v) is 14.1. The summed E-state index contributed by atoms with van der Waals surface area (Å²) < 4.78 is 32.6. The van der Waals surface area contributed by atoms with Crippen LogP contribution in [0.25, 0.3) is 0 Å². The van der Waals surface area contributed by atoms with Crippen LogP contribution in [0.5, 0.6) is 11.5 Å². The van der Waals surface area contributed by atoms with Crippen molar-refractivity contribution >= 4 is 29.8 Å². The molecule has 1 aromatic heterocycles. The van der Waals surface area contributed by atoms with Gasteiger partial charge in [-0.3, -0.25) is 19.2 Å². The standard InChI is InChI=1S/C31H38N2O11/c1-17(2)28(35)44-25-19(4)43-31(38)22(16-42-30(37)21(25)14-20-10-8-7-9-11-20)33-27(34)24-26(23(39-5)12-13-32-24)41-15-18(3)29(36)40-6/h7-13,17-19,21-22,25H,14-16H2,1-6H3,(H,33,34)/t18-,19?,21?,22?,25?/m1/s1. The van der Waals surface area contributed by atoms with Gasteiger partial charge in [-0.2, -0.15) is 0 Å². The summed E-state index contributed by atoms with van der Waals surface area (Å²) in [6.07, 6.45) is -0.784. The molecule has 2 aromatic rings. The van der Waals surface area contributed by atoms with E-state index in [2.05, 4.69) is 10.3 Å². The second-order valence-corrected chi connectivity index (χ2v) is 10.6. The molecule has 0 spiro atoms. The highest BCUT2D eigenvalue weighted by molar-refractivity contribution is 5.98. The third-order valence-electron chi connectivity index (χ3n) is 6.85. The lowest BCUT2D eigenvalue weighted by atomic mass is 9.91. The second-order valence-electron chi connectivity index (χ2n) is 10.6. The number of pyridine rings is 1. The van der Waals surface area contributed by atoms with Crippen LogP contribution < -0.4 is 14.8 Å². The summed E-state index contributed by atoms with van der Waals surface area (Å²) in [5, 5.41) is 2.49. The fourth-order valence-corrected chi connectivity index (χ4v) is 4.35. The van der Waals surface area contributed by atoms with Crippen LogP contribution in [0.2, 0.25) is 0 Å². The van der Waals surface area contributed by atoms with Gasteiger partial charge in [0.15, 0.2) is 29.3 Å². The van der Waals surface area contributed by atoms with E-state index in [1.54, 1.807) is 32.9 Å². The summed E-state index contributed by atoms with van der Waals surface area (Å²) in [5.74, 6) is -5.73. The highest BCUT2D eigenvalue weighted by Crippen LogP contribution is 2.30. The van der Waals surface area contributed by atoms with Gasteiger partial charge >= 0.3 is 23.9 Å². The van der Waals surface area contributed by atoms with Crippen molar-refractivity contribution in [3.63, 3.8) is 0 Å². The molecule has 1 amide bonds. The van der Waals surface area contributed by atoms with Crippen molar-refractivity contribution in [3.8, 4) is 11.5 Å². The average molecular weight is 615 g/mol. The Morgan fingerprint density at radius 1 is 1.02 bits per heavy atom. The Labute approximate surface area is 255 Å². The summed E-state index contributed by atoms with van der Waals surface area (Å²) in [6.45, 7) is 5.65. The summed E-state index contributed by atoms with van der Waals surface area (Å²) in [5.41, 5.74) is 0.528. The molecule has 1 aromatic carbocycles. The number of esters is 4. The summed E-state index contributed by atoms with van der Waals surface area (Å²) >= 11 is 0. The number of hydrogen-bond acceptors (Lipinski definition) is 12. The summed E-state index contributed by atoms with van der Waals surface area (Å²) in [6, 6.07) is 9.08. The lowest BCUT2D eigenvalue weighted by Gasteiger charge is -2.29. The SMILES string of the molecule is COC(=O)[C@H](C)COc1c(OC)ccnc1C(=O)NC1COC(=O)C(Cc2ccccc2)C(OC(=O)C(C)C)C(C)OC1=O. The minimum atomic E-state index is -1.44. The van der Waals surface area contributed by atoms with Crippen molar-refractivity contribution in [2.75, 3.05) is 27.4 Å². The molecule has 1 aliphatic rings. The van der Waals surface area contributed by atoms with Gasteiger partial charge in [0.2, 0.25) is 0 Å². The molecule has 44 heavy (non-hydrogen) atoms. The van der Waals surface area contributed by atoms with E-state index in [0.717, 1.165) is 5.56 Å². The average Bonchev–Trinajstić information content (AvgIpc) is 3.05. The molecule has 1 saturated heterocycles. The molecule has 0 bridgehead atoms. The van der Waals surface area contributed by atoms with Crippen molar-refractivity contribution in [3.05, 3.63) is 53.9 Å². The number of carbonyl (C=O) groups excluding carboxylic acids is 5. The molecule has 1 aliphatic heterocycles. The Morgan fingerprint density at radius 3 is 2.36 bits per heavy atom. The number of nitrogens with one attached hydrogen (secondary N) is 1. The Hall–Kier alpha value is -4.68. The first kappa shape index (κ1) is 33.8. The third kappa shape index (κ3) is 8.68. The Balaban J connectivity index is 1.87. The zero-order valence-electron chi connectivity index (χ0n) is 25.6. The predicted octanol–water partition coefficient (Wildman–Crippen LogP) is 2.29. The van der Waals surface area contributed by atoms with Gasteiger partial charge in [0.05, 0.1) is 26.1 Å². The van der Waals surface area contributed by atoms with Crippen LogP contribution in [0, 0.1) is 17.8 Å². The number of ether oxygens (including phenoxy) is 6. The largest absolute Gasteiger partial charge is 0.493 e. The Bertz CT molecular complexity index is 1330. The van der Waals surface area contributed by atoms with Gasteiger partial charge in [0, 0.05) is 12.3 Å². The van der Waals surface area contributed by atoms with E-state index in [1.807, 2.05) is 18.2 Å². The molecule has 0 radical (unpaired) electrons. The second kappa shape index (κ2) is 15.7. The number of carbonyl (C=O) groups is 5. The van der Waals surface area contributed by atoms with Crippen molar-refractivity contribution in [2.45, 2.75) is 52.4 Å². The summed E-state index contributed by atoms with van der Waals surface area (Å²) in [4.78, 5) is 68.6. The normalized spacial score (nSPS) is 21.0. The number of methoxy groups -OCH3 is 2. The summed E-state index contributed by atoms with van der Waals surface area (Å²) in [7, 11) is 2.60. The van der Waals surface area contributed by atoms with E-state index in [0.29, 0.717) is 0 Å². The minimum Gasteiger partial charge on any atom is -0.493 e. The molecule has 1 fully saturated rings. The van der Waals surface area contributed by atoms with Crippen molar-refractivity contribution < 1.29 is 52.4 Å². The lowest BCUT2D eigenvalue weighted by molar-refractivity contribution is -0.176. The van der Waals surface area contributed by atoms with Crippen LogP contribution in [-0.4, -0.2) is 80.5 Å². The van der Waals surface area contributed by atoms with Crippen molar-refractivity contribution in [1.29, 1.82) is 0 Å². The smallest absolute Gasteiger partial charge is 0.332 e. The van der Waals surface area contributed by atoms with E-state index in [4.69, 9.17) is 28.4 Å². The maximum absolute atomic E-state index is 13.4. The minimum absolute atomic E-state index is 0.0753. The van der Waals surface area contributed by atoms with Crippen molar-refractivity contribution in [2.24, 2.45) is 17.8 Å². The van der Waals surface area contributed by atoms with E-state index in [9.17, 15) is 24.0 Å². The maximum Gasteiger partial charge on any atom is 0.332 e. The van der Waals surface area contributed by atoms with Gasteiger partial charge in [0.1, 0.15) is 25.2 Å². The van der Waals surface area contributed by atoms with Gasteiger partial charge in [-0.25, -0.2) is 9.78 Å². The molecular weight excluding hydrogens is 576 g/mol. The molecule has 13 heteroatoms. The highest BCUT2D eigenvalue weighted by Gasteiger charge is 2.42. The van der Waals surface area contributed by atoms with Gasteiger partial charge in [-0.05, 0) is 25.8 Å². The van der Waals surface area contributed by atoms with Crippen LogP contribution in [0.4, 0.5) is 0 Å². The molecule has 2 heterocycles. The van der Waals surface area contributed by atoms with Gasteiger partial charge in [-0.1, -0.05) is 44.2 Å². The molecule has 13 nitrogen and oxygen atoms in total. The molecule has 5 atom stereocenters. The van der Waals surface area contributed by atoms with E-state index in [1.165, 1.54) is 33.4 Å². The zero-order valence-corrected chi connectivity index (χ0v) is 25.6. The number of amides is 1. The molecule has 3 rings (SSSR count). The maximum atomic E-state index is 13.4. The molecule has 238 valence electrons. The van der Waals surface area contributed by atoms with Crippen LogP contribution in [0.1, 0.15) is 43.7 Å². The Kier molecular flexibility index (Phi) is 12.1. The first-order chi connectivity index (χ1) is 21.0. The van der Waals surface area contributed by atoms with Gasteiger partial charge in [-0.15, -0.1) is 0 Å². The first-order valence-electron chi connectivity index (χ1n) is 14.1. The number of rotatable bonds is 11. The number of aromatic nitrogens is 1. The molecule has 4 unspecified atom stereocenters. The number of hydrogen-bond donors (Lipinski definition) is 1. The third-order valence-corrected chi connectivity index (χ3v) is 6.85. The number of cyclic esters (lactones) is 2. The van der Waals surface area contributed by atoms with Crippen LogP contribution in [0.15, 0.2) is 42.6 Å². The predicted molar refractivity (Wildman–Crippen MR) is 154 cm³/mol. The van der Waals surface area contributed by atoms with Gasteiger partial charge in [0.25, 0.3) is 5.91 Å².